The van der Waals surface area contributed by atoms with Crippen molar-refractivity contribution in [3.05, 3.63) is 24.3 Å². The Balaban J connectivity index is 2.76. The molecule has 0 heterocycles. The molecule has 3 heteroatoms. The number of anilines is 1. The highest BCUT2D eigenvalue weighted by atomic mass is 16.5. The van der Waals surface area contributed by atoms with E-state index < -0.39 is 0 Å². The Labute approximate surface area is 85.3 Å². The summed E-state index contributed by atoms with van der Waals surface area (Å²) in [5.41, 5.74) is 6.57. The van der Waals surface area contributed by atoms with Crippen LogP contribution in [0.25, 0.3) is 0 Å². The van der Waals surface area contributed by atoms with Gasteiger partial charge in [-0.1, -0.05) is 6.07 Å². The molecule has 78 valence electrons. The maximum absolute atomic E-state index is 5.63. The number of hydrogen-bond acceptors (Lipinski definition) is 3. The zero-order chi connectivity index (χ0) is 10.6. The van der Waals surface area contributed by atoms with Gasteiger partial charge in [-0.15, -0.1) is 0 Å². The molecule has 0 saturated heterocycles. The maximum Gasteiger partial charge on any atom is 0.120 e. The Bertz CT molecular complexity index is 297. The monoisotopic (exact) mass is 194 g/mol. The van der Waals surface area contributed by atoms with Gasteiger partial charge in [0.2, 0.25) is 0 Å². The van der Waals surface area contributed by atoms with E-state index in [9.17, 15) is 0 Å². The van der Waals surface area contributed by atoms with Crippen molar-refractivity contribution in [3.8, 4) is 5.75 Å². The normalized spacial score (nSPS) is 11.1. The van der Waals surface area contributed by atoms with Gasteiger partial charge < -0.3 is 15.8 Å². The molecule has 0 atom stereocenters. The summed E-state index contributed by atoms with van der Waals surface area (Å²) in [7, 11) is 1.66. The number of nitrogens with two attached hydrogens (primary N) is 1. The van der Waals surface area contributed by atoms with E-state index in [-0.39, 0.29) is 5.54 Å². The molecule has 0 radical (unpaired) electrons. The van der Waals surface area contributed by atoms with Crippen LogP contribution in [0.2, 0.25) is 0 Å². The molecule has 0 aliphatic carbocycles. The molecule has 0 fully saturated rings. The molecule has 14 heavy (non-hydrogen) atoms. The molecule has 1 aromatic carbocycles. The molecular formula is C11H18N2O. The minimum absolute atomic E-state index is 0.0909. The highest BCUT2D eigenvalue weighted by Crippen LogP contribution is 2.19. The average Bonchev–Trinajstić information content (AvgIpc) is 2.17. The molecule has 1 aromatic rings. The summed E-state index contributed by atoms with van der Waals surface area (Å²) < 4.78 is 5.13. The largest absolute Gasteiger partial charge is 0.497 e. The van der Waals surface area contributed by atoms with Crippen molar-refractivity contribution in [2.45, 2.75) is 19.4 Å². The van der Waals surface area contributed by atoms with Crippen LogP contribution in [0.4, 0.5) is 5.69 Å². The Kier molecular flexibility index (Phi) is 3.36. The van der Waals surface area contributed by atoms with E-state index in [0.29, 0.717) is 6.54 Å². The third-order valence-electron chi connectivity index (χ3n) is 2.06. The van der Waals surface area contributed by atoms with Crippen molar-refractivity contribution in [2.75, 3.05) is 19.0 Å². The second kappa shape index (κ2) is 4.33. The van der Waals surface area contributed by atoms with Crippen LogP contribution in [0.1, 0.15) is 13.8 Å². The van der Waals surface area contributed by atoms with Crippen LogP contribution < -0.4 is 15.8 Å². The molecule has 3 nitrogen and oxygen atoms in total. The zero-order valence-electron chi connectivity index (χ0n) is 9.00. The summed E-state index contributed by atoms with van der Waals surface area (Å²) in [6.07, 6.45) is 0. The van der Waals surface area contributed by atoms with Gasteiger partial charge in [0.25, 0.3) is 0 Å². The van der Waals surface area contributed by atoms with E-state index in [2.05, 4.69) is 19.2 Å². The van der Waals surface area contributed by atoms with E-state index in [1.54, 1.807) is 7.11 Å². The van der Waals surface area contributed by atoms with E-state index in [0.717, 1.165) is 11.4 Å². The lowest BCUT2D eigenvalue weighted by Gasteiger charge is -2.25. The van der Waals surface area contributed by atoms with Crippen LogP contribution in [0.3, 0.4) is 0 Å². The minimum Gasteiger partial charge on any atom is -0.497 e. The maximum atomic E-state index is 5.63. The van der Waals surface area contributed by atoms with Gasteiger partial charge in [-0.2, -0.15) is 0 Å². The van der Waals surface area contributed by atoms with Crippen LogP contribution in [0.5, 0.6) is 5.75 Å². The molecule has 1 rings (SSSR count). The highest BCUT2D eigenvalue weighted by molar-refractivity contribution is 5.49. The fraction of sp³-hybridized carbons (Fsp3) is 0.455. The van der Waals surface area contributed by atoms with Gasteiger partial charge in [-0.25, -0.2) is 0 Å². The summed E-state index contributed by atoms with van der Waals surface area (Å²) in [5, 5.41) is 3.34. The summed E-state index contributed by atoms with van der Waals surface area (Å²) in [6.45, 7) is 4.71. The summed E-state index contributed by atoms with van der Waals surface area (Å²) in [4.78, 5) is 0. The van der Waals surface area contributed by atoms with Crippen molar-refractivity contribution in [2.24, 2.45) is 5.73 Å². The first-order valence-electron chi connectivity index (χ1n) is 4.70. The van der Waals surface area contributed by atoms with Crippen LogP contribution in [0, 0.1) is 0 Å². The predicted octanol–water partition coefficient (Wildman–Crippen LogP) is 1.84. The fourth-order valence-corrected chi connectivity index (χ4v) is 1.14. The molecule has 3 N–H and O–H groups in total. The van der Waals surface area contributed by atoms with Crippen molar-refractivity contribution < 1.29 is 4.74 Å². The number of rotatable bonds is 4. The van der Waals surface area contributed by atoms with E-state index in [4.69, 9.17) is 10.5 Å². The van der Waals surface area contributed by atoms with Crippen LogP contribution >= 0.6 is 0 Å². The Morgan fingerprint density at radius 1 is 1.43 bits per heavy atom. The smallest absolute Gasteiger partial charge is 0.120 e. The third-order valence-corrected chi connectivity index (χ3v) is 2.06. The molecule has 0 spiro atoms. The zero-order valence-corrected chi connectivity index (χ0v) is 9.00. The molecule has 0 aromatic heterocycles. The van der Waals surface area contributed by atoms with Gasteiger partial charge in [-0.3, -0.25) is 0 Å². The number of hydrogen-bond donors (Lipinski definition) is 2. The lowest BCUT2D eigenvalue weighted by atomic mass is 10.1. The van der Waals surface area contributed by atoms with Gasteiger partial charge in [0.1, 0.15) is 5.75 Å². The van der Waals surface area contributed by atoms with Crippen molar-refractivity contribution in [3.63, 3.8) is 0 Å². The quantitative estimate of drug-likeness (QED) is 0.769. The lowest BCUT2D eigenvalue weighted by molar-refractivity contribution is 0.415. The first kappa shape index (κ1) is 10.9. The van der Waals surface area contributed by atoms with Crippen LogP contribution in [0.15, 0.2) is 24.3 Å². The molecule has 0 aliphatic rings. The molecule has 0 amide bonds. The SMILES string of the molecule is COc1cccc(NC(C)(C)CN)c1. The lowest BCUT2D eigenvalue weighted by Crippen LogP contribution is -2.39. The van der Waals surface area contributed by atoms with Gasteiger partial charge in [0, 0.05) is 23.8 Å². The van der Waals surface area contributed by atoms with E-state index in [1.807, 2.05) is 24.3 Å². The molecule has 0 aliphatic heterocycles. The van der Waals surface area contributed by atoms with Gasteiger partial charge in [-0.05, 0) is 26.0 Å². The fourth-order valence-electron chi connectivity index (χ4n) is 1.14. The van der Waals surface area contributed by atoms with Gasteiger partial charge in [0.15, 0.2) is 0 Å². The Morgan fingerprint density at radius 2 is 2.14 bits per heavy atom. The molecule has 0 saturated carbocycles. The predicted molar refractivity (Wildman–Crippen MR) is 59.8 cm³/mol. The van der Waals surface area contributed by atoms with E-state index >= 15 is 0 Å². The number of benzene rings is 1. The standard InChI is InChI=1S/C11H18N2O/c1-11(2,8-12)13-9-5-4-6-10(7-9)14-3/h4-7,13H,8,12H2,1-3H3. The first-order chi connectivity index (χ1) is 6.57. The number of methoxy groups -OCH3 is 1. The molecule has 0 bridgehead atoms. The van der Waals surface area contributed by atoms with Crippen molar-refractivity contribution in [1.29, 1.82) is 0 Å². The minimum atomic E-state index is -0.0909. The summed E-state index contributed by atoms with van der Waals surface area (Å²) in [5.74, 6) is 0.850. The number of nitrogens with one attached hydrogen (secondary N) is 1. The Hall–Kier alpha value is -1.22. The van der Waals surface area contributed by atoms with Crippen LogP contribution in [-0.4, -0.2) is 19.2 Å². The third kappa shape index (κ3) is 2.92. The molecular weight excluding hydrogens is 176 g/mol. The second-order valence-electron chi connectivity index (χ2n) is 3.94. The summed E-state index contributed by atoms with van der Waals surface area (Å²) in [6, 6.07) is 7.83. The highest BCUT2D eigenvalue weighted by Gasteiger charge is 2.14. The van der Waals surface area contributed by atoms with E-state index in [1.165, 1.54) is 0 Å². The van der Waals surface area contributed by atoms with Gasteiger partial charge >= 0.3 is 0 Å². The van der Waals surface area contributed by atoms with Crippen LogP contribution in [-0.2, 0) is 0 Å². The number of ether oxygens (including phenoxy) is 1. The average molecular weight is 194 g/mol. The van der Waals surface area contributed by atoms with Gasteiger partial charge in [0.05, 0.1) is 7.11 Å². The second-order valence-corrected chi connectivity index (χ2v) is 3.94. The first-order valence-corrected chi connectivity index (χ1v) is 4.70. The Morgan fingerprint density at radius 3 is 2.71 bits per heavy atom. The molecule has 0 unspecified atom stereocenters. The summed E-state index contributed by atoms with van der Waals surface area (Å²) >= 11 is 0. The topological polar surface area (TPSA) is 47.3 Å². The van der Waals surface area contributed by atoms with Crippen molar-refractivity contribution in [1.82, 2.24) is 0 Å². The van der Waals surface area contributed by atoms with Crippen molar-refractivity contribution >= 4 is 5.69 Å².